The fraction of sp³-hybridized carbons (Fsp3) is 0.217. The quantitative estimate of drug-likeness (QED) is 0.408. The van der Waals surface area contributed by atoms with Gasteiger partial charge in [-0.15, -0.1) is 0 Å². The third-order valence-corrected chi connectivity index (χ3v) is 5.38. The molecule has 0 unspecified atom stereocenters. The van der Waals surface area contributed by atoms with Gasteiger partial charge >= 0.3 is 0 Å². The third kappa shape index (κ3) is 3.74. The molecule has 0 aliphatic rings. The summed E-state index contributed by atoms with van der Waals surface area (Å²) < 4.78 is 28.9. The van der Waals surface area contributed by atoms with E-state index in [-0.39, 0.29) is 19.0 Å². The lowest BCUT2D eigenvalue weighted by Crippen LogP contribution is -2.05. The number of hydrogen-bond acceptors (Lipinski definition) is 7. The Bertz CT molecular complexity index is 1460. The molecule has 0 saturated carbocycles. The summed E-state index contributed by atoms with van der Waals surface area (Å²) in [5.41, 5.74) is 4.45. The molecule has 0 spiro atoms. The summed E-state index contributed by atoms with van der Waals surface area (Å²) in [5, 5.41) is 8.87. The Morgan fingerprint density at radius 1 is 1.12 bits per heavy atom. The van der Waals surface area contributed by atoms with Crippen molar-refractivity contribution in [2.75, 3.05) is 20.3 Å². The average molecular weight is 448 g/mol. The SMILES string of the molecule is COc1ncnc2ccn(-c3cnc4nc(C)n(Cc5ccc(OCCO)c(F)c5)c4c3)c12. The molecule has 1 N–H and O–H groups in total. The van der Waals surface area contributed by atoms with Crippen molar-refractivity contribution in [2.24, 2.45) is 0 Å². The molecule has 4 heterocycles. The predicted octanol–water partition coefficient (Wildman–Crippen LogP) is 3.04. The molecular formula is C23H21FN6O3. The monoisotopic (exact) mass is 448 g/mol. The van der Waals surface area contributed by atoms with Gasteiger partial charge in [-0.25, -0.2) is 19.3 Å². The zero-order valence-corrected chi connectivity index (χ0v) is 18.1. The zero-order valence-electron chi connectivity index (χ0n) is 18.1. The molecule has 4 aromatic heterocycles. The average Bonchev–Trinajstić information content (AvgIpc) is 3.39. The second kappa shape index (κ2) is 8.47. The summed E-state index contributed by atoms with van der Waals surface area (Å²) in [6, 6.07) is 8.65. The van der Waals surface area contributed by atoms with Crippen LogP contribution in [0.1, 0.15) is 11.4 Å². The molecule has 9 nitrogen and oxygen atoms in total. The molecule has 0 radical (unpaired) electrons. The van der Waals surface area contributed by atoms with Crippen molar-refractivity contribution in [3.8, 4) is 17.3 Å². The molecule has 0 aliphatic heterocycles. The lowest BCUT2D eigenvalue weighted by atomic mass is 10.2. The van der Waals surface area contributed by atoms with E-state index in [2.05, 4.69) is 19.9 Å². The zero-order chi connectivity index (χ0) is 22.9. The van der Waals surface area contributed by atoms with Gasteiger partial charge < -0.3 is 23.7 Å². The number of hydrogen-bond donors (Lipinski definition) is 1. The number of aryl methyl sites for hydroxylation is 1. The van der Waals surface area contributed by atoms with Crippen molar-refractivity contribution in [1.29, 1.82) is 0 Å². The molecule has 5 rings (SSSR count). The van der Waals surface area contributed by atoms with E-state index in [1.807, 2.05) is 34.4 Å². The van der Waals surface area contributed by atoms with Crippen LogP contribution in [0.15, 0.2) is 49.1 Å². The number of halogens is 1. The Morgan fingerprint density at radius 2 is 2.00 bits per heavy atom. The maximum absolute atomic E-state index is 14.4. The molecule has 1 aromatic carbocycles. The van der Waals surface area contributed by atoms with Crippen LogP contribution in [0.3, 0.4) is 0 Å². The molecule has 0 aliphatic carbocycles. The Morgan fingerprint density at radius 3 is 2.79 bits per heavy atom. The molecule has 0 atom stereocenters. The number of aliphatic hydroxyl groups is 1. The van der Waals surface area contributed by atoms with E-state index in [0.717, 1.165) is 33.6 Å². The van der Waals surface area contributed by atoms with Crippen molar-refractivity contribution in [3.63, 3.8) is 0 Å². The van der Waals surface area contributed by atoms with Crippen LogP contribution in [0.5, 0.6) is 11.6 Å². The van der Waals surface area contributed by atoms with Crippen molar-refractivity contribution in [2.45, 2.75) is 13.5 Å². The highest BCUT2D eigenvalue weighted by Crippen LogP contribution is 2.27. The number of pyridine rings is 1. The van der Waals surface area contributed by atoms with Gasteiger partial charge in [-0.3, -0.25) is 0 Å². The standard InChI is InChI=1S/C23H21FN6O3/c1-14-28-22-19(30(14)12-15-3-4-20(17(24)9-15)33-8-7-31)10-16(11-25-22)29-6-5-18-21(29)23(32-2)27-13-26-18/h3-6,9-11,13,31H,7-8,12H2,1-2H3. The Kier molecular flexibility index (Phi) is 5.35. The summed E-state index contributed by atoms with van der Waals surface area (Å²) in [4.78, 5) is 17.6. The molecular weight excluding hydrogens is 427 g/mol. The molecule has 0 fully saturated rings. The van der Waals surface area contributed by atoms with E-state index in [1.165, 1.54) is 12.4 Å². The molecule has 0 bridgehead atoms. The van der Waals surface area contributed by atoms with Gasteiger partial charge in [-0.1, -0.05) is 6.07 Å². The molecule has 10 heteroatoms. The van der Waals surface area contributed by atoms with E-state index in [9.17, 15) is 4.39 Å². The smallest absolute Gasteiger partial charge is 0.241 e. The minimum Gasteiger partial charge on any atom is -0.488 e. The molecule has 33 heavy (non-hydrogen) atoms. The van der Waals surface area contributed by atoms with Crippen LogP contribution < -0.4 is 9.47 Å². The van der Waals surface area contributed by atoms with Gasteiger partial charge in [0.15, 0.2) is 17.2 Å². The van der Waals surface area contributed by atoms with Gasteiger partial charge in [0.1, 0.15) is 24.3 Å². The number of aromatic nitrogens is 6. The third-order valence-electron chi connectivity index (χ3n) is 5.38. The number of ether oxygens (including phenoxy) is 2. The van der Waals surface area contributed by atoms with Crippen LogP contribution in [-0.4, -0.2) is 54.5 Å². The van der Waals surface area contributed by atoms with E-state index >= 15 is 0 Å². The van der Waals surface area contributed by atoms with Crippen molar-refractivity contribution in [3.05, 3.63) is 66.3 Å². The van der Waals surface area contributed by atoms with Gasteiger partial charge in [0.2, 0.25) is 5.88 Å². The first-order chi connectivity index (χ1) is 16.1. The van der Waals surface area contributed by atoms with Crippen LogP contribution in [-0.2, 0) is 6.54 Å². The Hall–Kier alpha value is -4.05. The summed E-state index contributed by atoms with van der Waals surface area (Å²) in [6.45, 7) is 2.16. The summed E-state index contributed by atoms with van der Waals surface area (Å²) in [6.07, 6.45) is 5.08. The second-order valence-electron chi connectivity index (χ2n) is 7.42. The fourth-order valence-electron chi connectivity index (χ4n) is 3.85. The first kappa shape index (κ1) is 20.8. The number of imidazole rings is 1. The minimum atomic E-state index is -0.479. The Labute approximate surface area is 188 Å². The van der Waals surface area contributed by atoms with E-state index in [4.69, 9.17) is 14.6 Å². The fourth-order valence-corrected chi connectivity index (χ4v) is 3.85. The second-order valence-corrected chi connectivity index (χ2v) is 7.42. The highest BCUT2D eigenvalue weighted by Gasteiger charge is 2.15. The lowest BCUT2D eigenvalue weighted by molar-refractivity contribution is 0.196. The predicted molar refractivity (Wildman–Crippen MR) is 119 cm³/mol. The largest absolute Gasteiger partial charge is 0.488 e. The van der Waals surface area contributed by atoms with Crippen LogP contribution in [0, 0.1) is 12.7 Å². The first-order valence-corrected chi connectivity index (χ1v) is 10.3. The van der Waals surface area contributed by atoms with Crippen molar-refractivity contribution in [1.82, 2.24) is 29.1 Å². The number of nitrogens with zero attached hydrogens (tertiary/aromatic N) is 6. The highest BCUT2D eigenvalue weighted by atomic mass is 19.1. The highest BCUT2D eigenvalue weighted by molar-refractivity contribution is 5.83. The van der Waals surface area contributed by atoms with Gasteiger partial charge in [0.05, 0.1) is 36.6 Å². The molecule has 5 aromatic rings. The Balaban J connectivity index is 1.55. The number of benzene rings is 1. The number of fused-ring (bicyclic) bond motifs is 2. The maximum Gasteiger partial charge on any atom is 0.241 e. The molecule has 0 saturated heterocycles. The number of aliphatic hydroxyl groups excluding tert-OH is 1. The van der Waals surface area contributed by atoms with Gasteiger partial charge in [-0.05, 0) is 36.8 Å². The summed E-state index contributed by atoms with van der Waals surface area (Å²) in [7, 11) is 1.57. The number of rotatable bonds is 7. The van der Waals surface area contributed by atoms with Gasteiger partial charge in [0.25, 0.3) is 0 Å². The van der Waals surface area contributed by atoms with Gasteiger partial charge in [0, 0.05) is 12.7 Å². The maximum atomic E-state index is 14.4. The lowest BCUT2D eigenvalue weighted by Gasteiger charge is -2.11. The number of methoxy groups -OCH3 is 1. The van der Waals surface area contributed by atoms with Crippen LogP contribution >= 0.6 is 0 Å². The molecule has 168 valence electrons. The van der Waals surface area contributed by atoms with Gasteiger partial charge in [-0.2, -0.15) is 4.98 Å². The minimum absolute atomic E-state index is 0.0415. The van der Waals surface area contributed by atoms with Crippen LogP contribution in [0.2, 0.25) is 0 Å². The van der Waals surface area contributed by atoms with Crippen molar-refractivity contribution < 1.29 is 19.0 Å². The topological polar surface area (TPSA) is 100 Å². The molecule has 0 amide bonds. The summed E-state index contributed by atoms with van der Waals surface area (Å²) in [5.74, 6) is 0.857. The summed E-state index contributed by atoms with van der Waals surface area (Å²) >= 11 is 0. The van der Waals surface area contributed by atoms with E-state index in [0.29, 0.717) is 18.1 Å². The normalized spacial score (nSPS) is 11.4. The van der Waals surface area contributed by atoms with E-state index in [1.54, 1.807) is 25.4 Å². The van der Waals surface area contributed by atoms with Crippen molar-refractivity contribution >= 4 is 22.2 Å². The first-order valence-electron chi connectivity index (χ1n) is 10.3. The van der Waals surface area contributed by atoms with E-state index < -0.39 is 5.82 Å². The van der Waals surface area contributed by atoms with Crippen LogP contribution in [0.25, 0.3) is 27.9 Å². The van der Waals surface area contributed by atoms with Crippen LogP contribution in [0.4, 0.5) is 4.39 Å².